The fourth-order valence-electron chi connectivity index (χ4n) is 3.63. The van der Waals surface area contributed by atoms with Crippen LogP contribution in [0.25, 0.3) is 21.8 Å². The Morgan fingerprint density at radius 1 is 1.00 bits per heavy atom. The number of fused-ring (bicyclic) bond motifs is 3. The van der Waals surface area contributed by atoms with Crippen LogP contribution < -0.4 is 10.6 Å². The molecule has 0 bridgehead atoms. The monoisotopic (exact) mass is 399 g/mol. The van der Waals surface area contributed by atoms with E-state index < -0.39 is 6.04 Å². The van der Waals surface area contributed by atoms with Gasteiger partial charge in [0.2, 0.25) is 11.8 Å². The quantitative estimate of drug-likeness (QED) is 0.478. The van der Waals surface area contributed by atoms with Gasteiger partial charge in [0.25, 0.3) is 0 Å². The number of para-hydroxylation sites is 1. The summed E-state index contributed by atoms with van der Waals surface area (Å²) >= 11 is 0. The number of amides is 2. The van der Waals surface area contributed by atoms with Gasteiger partial charge in [0.1, 0.15) is 11.8 Å². The topological polar surface area (TPSA) is 83.4 Å². The Balaban J connectivity index is 1.60. The van der Waals surface area contributed by atoms with Crippen molar-refractivity contribution >= 4 is 39.3 Å². The predicted octanol–water partition coefficient (Wildman–Crippen LogP) is 3.70. The van der Waals surface area contributed by atoms with Crippen LogP contribution in [0.1, 0.15) is 12.5 Å². The number of aromatic nitrogens is 1. The second kappa shape index (κ2) is 7.91. The van der Waals surface area contributed by atoms with Gasteiger partial charge in [-0.05, 0) is 35.9 Å². The van der Waals surface area contributed by atoms with Gasteiger partial charge in [0.15, 0.2) is 0 Å². The molecular formula is C24H21N3O3. The van der Waals surface area contributed by atoms with E-state index in [1.807, 2.05) is 42.5 Å². The number of phenolic OH excluding ortho intramolecular Hbond substituents is 1. The SMILES string of the molecule is [CH]n1c2ccccc2c2ccc(NC(=O)[C@H](Cc3ccc(O)cc3)NC(C)=O)cc21. The van der Waals surface area contributed by atoms with Gasteiger partial charge in [-0.2, -0.15) is 0 Å². The summed E-state index contributed by atoms with van der Waals surface area (Å²) in [5, 5.41) is 17.0. The summed E-state index contributed by atoms with van der Waals surface area (Å²) in [5.41, 5.74) is 3.10. The number of carbonyl (C=O) groups is 2. The molecule has 30 heavy (non-hydrogen) atoms. The molecule has 150 valence electrons. The first-order valence-electron chi connectivity index (χ1n) is 9.56. The van der Waals surface area contributed by atoms with E-state index in [1.54, 1.807) is 28.8 Å². The highest BCUT2D eigenvalue weighted by Gasteiger charge is 2.20. The third-order valence-corrected chi connectivity index (χ3v) is 5.05. The van der Waals surface area contributed by atoms with E-state index in [4.69, 9.17) is 7.05 Å². The molecule has 0 aliphatic heterocycles. The van der Waals surface area contributed by atoms with Crippen LogP contribution in [0.3, 0.4) is 0 Å². The van der Waals surface area contributed by atoms with E-state index in [1.165, 1.54) is 6.92 Å². The smallest absolute Gasteiger partial charge is 0.247 e. The van der Waals surface area contributed by atoms with E-state index in [-0.39, 0.29) is 17.6 Å². The molecule has 6 nitrogen and oxygen atoms in total. The standard InChI is InChI=1S/C24H21N3O3/c1-15(28)25-21(13-16-7-10-18(29)11-8-16)24(30)26-17-9-12-20-19-5-3-4-6-22(19)27(2)23(20)14-17/h2-12,14,21,29H,13H2,1H3,(H,25,28)(H,26,30)/t21-/m0/s1. The number of nitrogens with zero attached hydrogens (tertiary/aromatic N) is 1. The van der Waals surface area contributed by atoms with Crippen LogP contribution >= 0.6 is 0 Å². The first kappa shape index (κ1) is 19.5. The molecule has 2 amide bonds. The number of phenols is 1. The van der Waals surface area contributed by atoms with E-state index in [0.29, 0.717) is 12.1 Å². The number of rotatable bonds is 5. The van der Waals surface area contributed by atoms with Crippen LogP contribution in [0.5, 0.6) is 5.75 Å². The summed E-state index contributed by atoms with van der Waals surface area (Å²) in [4.78, 5) is 24.5. The van der Waals surface area contributed by atoms with Gasteiger partial charge in [-0.3, -0.25) is 9.59 Å². The van der Waals surface area contributed by atoms with Crippen molar-refractivity contribution in [2.45, 2.75) is 19.4 Å². The van der Waals surface area contributed by atoms with Crippen molar-refractivity contribution in [2.75, 3.05) is 5.32 Å². The van der Waals surface area contributed by atoms with Crippen molar-refractivity contribution in [1.82, 2.24) is 9.88 Å². The third kappa shape index (κ3) is 3.85. The van der Waals surface area contributed by atoms with Gasteiger partial charge in [-0.1, -0.05) is 36.4 Å². The molecule has 2 radical (unpaired) electrons. The molecule has 6 heteroatoms. The zero-order valence-electron chi connectivity index (χ0n) is 16.4. The highest BCUT2D eigenvalue weighted by atomic mass is 16.3. The summed E-state index contributed by atoms with van der Waals surface area (Å²) in [7, 11) is 6.24. The highest BCUT2D eigenvalue weighted by molar-refractivity contribution is 6.09. The average Bonchev–Trinajstić information content (AvgIpc) is 3.01. The van der Waals surface area contributed by atoms with Crippen molar-refractivity contribution in [1.29, 1.82) is 0 Å². The van der Waals surface area contributed by atoms with Crippen molar-refractivity contribution in [3.05, 3.63) is 79.3 Å². The Bertz CT molecular complexity index is 1240. The second-order valence-corrected chi connectivity index (χ2v) is 7.23. The molecule has 1 aromatic heterocycles. The Hall–Kier alpha value is -3.80. The van der Waals surface area contributed by atoms with Gasteiger partial charge in [0.05, 0.1) is 12.6 Å². The molecule has 0 unspecified atom stereocenters. The average molecular weight is 399 g/mol. The Morgan fingerprint density at radius 2 is 1.70 bits per heavy atom. The lowest BCUT2D eigenvalue weighted by Gasteiger charge is -2.18. The van der Waals surface area contributed by atoms with Gasteiger partial charge in [-0.15, -0.1) is 0 Å². The minimum atomic E-state index is -0.758. The Morgan fingerprint density at radius 3 is 2.43 bits per heavy atom. The minimum Gasteiger partial charge on any atom is -0.508 e. The molecule has 3 aromatic carbocycles. The molecule has 1 atom stereocenters. The van der Waals surface area contributed by atoms with Crippen LogP contribution in [0.4, 0.5) is 5.69 Å². The first-order valence-corrected chi connectivity index (χ1v) is 9.56. The maximum atomic E-state index is 12.9. The largest absolute Gasteiger partial charge is 0.508 e. The van der Waals surface area contributed by atoms with Gasteiger partial charge in [0, 0.05) is 35.3 Å². The normalized spacial score (nSPS) is 12.1. The van der Waals surface area contributed by atoms with Crippen molar-refractivity contribution in [2.24, 2.45) is 0 Å². The number of hydrogen-bond acceptors (Lipinski definition) is 3. The number of anilines is 1. The fourth-order valence-corrected chi connectivity index (χ4v) is 3.63. The fraction of sp³-hybridized carbons (Fsp3) is 0.125. The van der Waals surface area contributed by atoms with Crippen LogP contribution in [0.15, 0.2) is 66.7 Å². The Labute approximate surface area is 174 Å². The molecule has 0 saturated heterocycles. The van der Waals surface area contributed by atoms with E-state index in [0.717, 1.165) is 27.4 Å². The van der Waals surface area contributed by atoms with Gasteiger partial charge < -0.3 is 20.3 Å². The van der Waals surface area contributed by atoms with Crippen molar-refractivity contribution in [3.63, 3.8) is 0 Å². The molecule has 0 aliphatic carbocycles. The zero-order chi connectivity index (χ0) is 21.3. The highest BCUT2D eigenvalue weighted by Crippen LogP contribution is 2.30. The van der Waals surface area contributed by atoms with Crippen LogP contribution in [-0.4, -0.2) is 27.5 Å². The second-order valence-electron chi connectivity index (χ2n) is 7.23. The molecule has 1 heterocycles. The lowest BCUT2D eigenvalue weighted by Crippen LogP contribution is -2.44. The molecule has 4 aromatic rings. The van der Waals surface area contributed by atoms with Crippen LogP contribution in [-0.2, 0) is 16.0 Å². The molecule has 0 spiro atoms. The molecular weight excluding hydrogens is 378 g/mol. The summed E-state index contributed by atoms with van der Waals surface area (Å²) < 4.78 is 1.60. The minimum absolute atomic E-state index is 0.143. The number of nitrogens with one attached hydrogen (secondary N) is 2. The molecule has 4 rings (SSSR count). The van der Waals surface area contributed by atoms with Crippen LogP contribution in [0, 0.1) is 7.05 Å². The lowest BCUT2D eigenvalue weighted by molar-refractivity contribution is -0.125. The molecule has 0 saturated carbocycles. The molecule has 0 fully saturated rings. The van der Waals surface area contributed by atoms with Crippen molar-refractivity contribution in [3.8, 4) is 5.75 Å². The zero-order valence-corrected chi connectivity index (χ0v) is 16.4. The summed E-state index contributed by atoms with van der Waals surface area (Å²) in [5.74, 6) is -0.492. The van der Waals surface area contributed by atoms with Crippen molar-refractivity contribution < 1.29 is 14.7 Å². The predicted molar refractivity (Wildman–Crippen MR) is 117 cm³/mol. The van der Waals surface area contributed by atoms with E-state index in [2.05, 4.69) is 10.6 Å². The van der Waals surface area contributed by atoms with Gasteiger partial charge >= 0.3 is 0 Å². The Kier molecular flexibility index (Phi) is 5.14. The number of hydrogen-bond donors (Lipinski definition) is 3. The number of aromatic hydroxyl groups is 1. The molecule has 3 N–H and O–H groups in total. The third-order valence-electron chi connectivity index (χ3n) is 5.05. The van der Waals surface area contributed by atoms with Crippen LogP contribution in [0.2, 0.25) is 0 Å². The first-order chi connectivity index (χ1) is 14.4. The summed E-state index contributed by atoms with van der Waals surface area (Å²) in [6, 6.07) is 19.2. The number of carbonyl (C=O) groups excluding carboxylic acids is 2. The van der Waals surface area contributed by atoms with Gasteiger partial charge in [-0.25, -0.2) is 0 Å². The maximum absolute atomic E-state index is 12.9. The summed E-state index contributed by atoms with van der Waals surface area (Å²) in [6.07, 6.45) is 0.297. The summed E-state index contributed by atoms with van der Waals surface area (Å²) in [6.45, 7) is 1.37. The molecule has 0 aliphatic rings. The lowest BCUT2D eigenvalue weighted by atomic mass is 10.0. The maximum Gasteiger partial charge on any atom is 0.247 e. The van der Waals surface area contributed by atoms with E-state index >= 15 is 0 Å². The number of benzene rings is 3. The van der Waals surface area contributed by atoms with E-state index in [9.17, 15) is 14.7 Å².